The molecule has 0 spiro atoms. The van der Waals surface area contributed by atoms with Crippen LogP contribution in [0.4, 0.5) is 0 Å². The minimum atomic E-state index is 0.136. The summed E-state index contributed by atoms with van der Waals surface area (Å²) in [6.45, 7) is 8.41. The third kappa shape index (κ3) is 3.44. The van der Waals surface area contributed by atoms with Crippen LogP contribution in [0.2, 0.25) is 0 Å². The van der Waals surface area contributed by atoms with E-state index < -0.39 is 0 Å². The molecule has 1 N–H and O–H groups in total. The van der Waals surface area contributed by atoms with Crippen LogP contribution < -0.4 is 5.32 Å². The SMILES string of the molecule is Cc1nn(C)cc1CNCC(C)(C)c1ccccc1. The number of hydrogen-bond acceptors (Lipinski definition) is 2. The number of benzene rings is 1. The van der Waals surface area contributed by atoms with E-state index in [1.165, 1.54) is 11.1 Å². The lowest BCUT2D eigenvalue weighted by Crippen LogP contribution is -2.32. The summed E-state index contributed by atoms with van der Waals surface area (Å²) in [4.78, 5) is 0. The Bertz CT molecular complexity index is 526. The van der Waals surface area contributed by atoms with Crippen molar-refractivity contribution >= 4 is 0 Å². The lowest BCUT2D eigenvalue weighted by atomic mass is 9.84. The number of aryl methyl sites for hydroxylation is 2. The van der Waals surface area contributed by atoms with E-state index in [1.807, 2.05) is 11.7 Å². The van der Waals surface area contributed by atoms with Gasteiger partial charge >= 0.3 is 0 Å². The first-order valence-electron chi connectivity index (χ1n) is 6.74. The van der Waals surface area contributed by atoms with Crippen molar-refractivity contribution in [2.45, 2.75) is 32.7 Å². The summed E-state index contributed by atoms with van der Waals surface area (Å²) in [5, 5.41) is 7.90. The Hall–Kier alpha value is -1.61. The summed E-state index contributed by atoms with van der Waals surface area (Å²) in [6.07, 6.45) is 2.08. The molecule has 0 aliphatic rings. The summed E-state index contributed by atoms with van der Waals surface area (Å²) >= 11 is 0. The molecule has 0 aliphatic carbocycles. The highest BCUT2D eigenvalue weighted by Crippen LogP contribution is 2.21. The fourth-order valence-corrected chi connectivity index (χ4v) is 2.32. The minimum Gasteiger partial charge on any atom is -0.312 e. The van der Waals surface area contributed by atoms with Gasteiger partial charge in [-0.25, -0.2) is 0 Å². The molecular weight excluding hydrogens is 234 g/mol. The standard InChI is InChI=1S/C16H23N3/c1-13-14(11-19(4)18-13)10-17-12-16(2,3)15-8-6-5-7-9-15/h5-9,11,17H,10,12H2,1-4H3. The van der Waals surface area contributed by atoms with Crippen molar-refractivity contribution in [1.29, 1.82) is 0 Å². The molecule has 2 rings (SSSR count). The van der Waals surface area contributed by atoms with Crippen LogP contribution in [0.25, 0.3) is 0 Å². The molecule has 0 radical (unpaired) electrons. The summed E-state index contributed by atoms with van der Waals surface area (Å²) in [6, 6.07) is 10.6. The lowest BCUT2D eigenvalue weighted by Gasteiger charge is -2.25. The summed E-state index contributed by atoms with van der Waals surface area (Å²) in [5.74, 6) is 0. The molecule has 0 fully saturated rings. The Morgan fingerprint density at radius 2 is 1.89 bits per heavy atom. The van der Waals surface area contributed by atoms with Gasteiger partial charge in [0.2, 0.25) is 0 Å². The van der Waals surface area contributed by atoms with Crippen molar-refractivity contribution < 1.29 is 0 Å². The van der Waals surface area contributed by atoms with Crippen molar-refractivity contribution in [2.75, 3.05) is 6.54 Å². The summed E-state index contributed by atoms with van der Waals surface area (Å²) in [5.41, 5.74) is 3.88. The first-order chi connectivity index (χ1) is 8.99. The molecule has 3 nitrogen and oxygen atoms in total. The molecule has 102 valence electrons. The number of hydrogen-bond donors (Lipinski definition) is 1. The van der Waals surface area contributed by atoms with Crippen molar-refractivity contribution in [3.05, 3.63) is 53.3 Å². The largest absolute Gasteiger partial charge is 0.312 e. The molecule has 0 bridgehead atoms. The zero-order valence-electron chi connectivity index (χ0n) is 12.3. The van der Waals surface area contributed by atoms with E-state index >= 15 is 0 Å². The molecule has 0 unspecified atom stereocenters. The molecule has 1 aromatic heterocycles. The van der Waals surface area contributed by atoms with E-state index in [1.54, 1.807) is 0 Å². The number of aromatic nitrogens is 2. The highest BCUT2D eigenvalue weighted by atomic mass is 15.2. The molecular formula is C16H23N3. The van der Waals surface area contributed by atoms with Gasteiger partial charge in [0.25, 0.3) is 0 Å². The summed E-state index contributed by atoms with van der Waals surface area (Å²) < 4.78 is 1.87. The zero-order chi connectivity index (χ0) is 13.9. The Balaban J connectivity index is 1.94. The second-order valence-electron chi connectivity index (χ2n) is 5.77. The topological polar surface area (TPSA) is 29.9 Å². The van der Waals surface area contributed by atoms with Gasteiger partial charge in [0, 0.05) is 37.3 Å². The highest BCUT2D eigenvalue weighted by Gasteiger charge is 2.19. The van der Waals surface area contributed by atoms with E-state index in [0.29, 0.717) is 0 Å². The molecule has 0 atom stereocenters. The third-order valence-electron chi connectivity index (χ3n) is 3.55. The first-order valence-corrected chi connectivity index (χ1v) is 6.74. The van der Waals surface area contributed by atoms with Crippen molar-refractivity contribution in [3.8, 4) is 0 Å². The molecule has 0 saturated heterocycles. The van der Waals surface area contributed by atoms with Crippen LogP contribution in [0, 0.1) is 6.92 Å². The van der Waals surface area contributed by atoms with E-state index in [2.05, 4.69) is 67.7 Å². The van der Waals surface area contributed by atoms with Crippen LogP contribution in [0.15, 0.2) is 36.5 Å². The molecule has 0 saturated carbocycles. The first kappa shape index (κ1) is 13.8. The Morgan fingerprint density at radius 3 is 2.47 bits per heavy atom. The van der Waals surface area contributed by atoms with E-state index in [4.69, 9.17) is 0 Å². The van der Waals surface area contributed by atoms with Gasteiger partial charge in [-0.2, -0.15) is 5.10 Å². The number of nitrogens with zero attached hydrogens (tertiary/aromatic N) is 2. The number of nitrogens with one attached hydrogen (secondary N) is 1. The zero-order valence-corrected chi connectivity index (χ0v) is 12.3. The number of rotatable bonds is 5. The van der Waals surface area contributed by atoms with Gasteiger partial charge in [0.15, 0.2) is 0 Å². The molecule has 1 aromatic carbocycles. The van der Waals surface area contributed by atoms with Crippen molar-refractivity contribution in [3.63, 3.8) is 0 Å². The molecule has 3 heteroatoms. The van der Waals surface area contributed by atoms with E-state index in [-0.39, 0.29) is 5.41 Å². The van der Waals surface area contributed by atoms with Gasteiger partial charge in [0.05, 0.1) is 5.69 Å². The minimum absolute atomic E-state index is 0.136. The van der Waals surface area contributed by atoms with E-state index in [9.17, 15) is 0 Å². The predicted octanol–water partition coefficient (Wildman–Crippen LogP) is 2.80. The molecule has 2 aromatic rings. The van der Waals surface area contributed by atoms with Crippen molar-refractivity contribution in [2.24, 2.45) is 7.05 Å². The highest BCUT2D eigenvalue weighted by molar-refractivity contribution is 5.24. The van der Waals surface area contributed by atoms with Crippen LogP contribution in [-0.2, 0) is 19.0 Å². The van der Waals surface area contributed by atoms with Gasteiger partial charge in [0.1, 0.15) is 0 Å². The molecule has 19 heavy (non-hydrogen) atoms. The maximum absolute atomic E-state index is 4.36. The molecule has 0 aliphatic heterocycles. The van der Waals surface area contributed by atoms with Crippen molar-refractivity contribution in [1.82, 2.24) is 15.1 Å². The smallest absolute Gasteiger partial charge is 0.0638 e. The van der Waals surface area contributed by atoms with Gasteiger partial charge in [-0.1, -0.05) is 44.2 Å². The maximum atomic E-state index is 4.36. The van der Waals surface area contributed by atoms with Gasteiger partial charge in [-0.05, 0) is 12.5 Å². The van der Waals surface area contributed by atoms with Crippen LogP contribution >= 0.6 is 0 Å². The monoisotopic (exact) mass is 257 g/mol. The fraction of sp³-hybridized carbons (Fsp3) is 0.438. The van der Waals surface area contributed by atoms with Crippen LogP contribution in [0.1, 0.15) is 30.7 Å². The predicted molar refractivity (Wildman–Crippen MR) is 79.1 cm³/mol. The van der Waals surface area contributed by atoms with Crippen LogP contribution in [0.5, 0.6) is 0 Å². The van der Waals surface area contributed by atoms with Gasteiger partial charge in [-0.3, -0.25) is 4.68 Å². The van der Waals surface area contributed by atoms with Crippen LogP contribution in [0.3, 0.4) is 0 Å². The quantitative estimate of drug-likeness (QED) is 0.892. The Kier molecular flexibility index (Phi) is 4.05. The van der Waals surface area contributed by atoms with Gasteiger partial charge < -0.3 is 5.32 Å². The van der Waals surface area contributed by atoms with Gasteiger partial charge in [-0.15, -0.1) is 0 Å². The third-order valence-corrected chi connectivity index (χ3v) is 3.55. The maximum Gasteiger partial charge on any atom is 0.0638 e. The summed E-state index contributed by atoms with van der Waals surface area (Å²) in [7, 11) is 1.96. The fourth-order valence-electron chi connectivity index (χ4n) is 2.32. The average molecular weight is 257 g/mol. The molecule has 1 heterocycles. The normalized spacial score (nSPS) is 11.8. The second-order valence-corrected chi connectivity index (χ2v) is 5.77. The Labute approximate surface area is 115 Å². The van der Waals surface area contributed by atoms with E-state index in [0.717, 1.165) is 18.8 Å². The Morgan fingerprint density at radius 1 is 1.21 bits per heavy atom. The second kappa shape index (κ2) is 5.57. The lowest BCUT2D eigenvalue weighted by molar-refractivity contribution is 0.468. The molecule has 0 amide bonds. The van der Waals surface area contributed by atoms with Crippen LogP contribution in [-0.4, -0.2) is 16.3 Å². The average Bonchev–Trinajstić information content (AvgIpc) is 2.69.